The molecule has 0 saturated heterocycles. The molecule has 2 aromatic carbocycles. The number of hydrogen-bond acceptors (Lipinski definition) is 5. The van der Waals surface area contributed by atoms with Crippen LogP contribution in [0.5, 0.6) is 5.75 Å². The number of benzene rings is 2. The van der Waals surface area contributed by atoms with Gasteiger partial charge < -0.3 is 19.9 Å². The highest BCUT2D eigenvalue weighted by atomic mass is 19.1. The van der Waals surface area contributed by atoms with Crippen LogP contribution >= 0.6 is 0 Å². The predicted molar refractivity (Wildman–Crippen MR) is 103 cm³/mol. The van der Waals surface area contributed by atoms with Gasteiger partial charge in [-0.1, -0.05) is 12.1 Å². The third-order valence-corrected chi connectivity index (χ3v) is 3.49. The Kier molecular flexibility index (Phi) is 6.63. The summed E-state index contributed by atoms with van der Waals surface area (Å²) in [5, 5.41) is 2.63. The van der Waals surface area contributed by atoms with E-state index in [4.69, 9.17) is 19.9 Å². The van der Waals surface area contributed by atoms with Gasteiger partial charge in [0.25, 0.3) is 0 Å². The number of anilines is 2. The molecule has 0 unspecified atom stereocenters. The summed E-state index contributed by atoms with van der Waals surface area (Å²) in [6.45, 7) is 6.01. The number of nitrogens with one attached hydrogen (secondary N) is 1. The molecule has 0 aromatic heterocycles. The van der Waals surface area contributed by atoms with Crippen LogP contribution in [0.1, 0.15) is 20.8 Å². The lowest BCUT2D eigenvalue weighted by molar-refractivity contribution is 0.0636. The largest absolute Gasteiger partial charge is 0.490 e. The number of halogens is 1. The molecule has 146 valence electrons. The van der Waals surface area contributed by atoms with Crippen molar-refractivity contribution in [3.63, 3.8) is 0 Å². The van der Waals surface area contributed by atoms with E-state index >= 15 is 0 Å². The quantitative estimate of drug-likeness (QED) is 0.575. The van der Waals surface area contributed by atoms with E-state index in [-0.39, 0.29) is 5.82 Å². The fourth-order valence-electron chi connectivity index (χ4n) is 2.33. The van der Waals surface area contributed by atoms with E-state index in [0.717, 1.165) is 5.56 Å². The Bertz CT molecular complexity index is 786. The van der Waals surface area contributed by atoms with Gasteiger partial charge in [0.15, 0.2) is 0 Å². The second-order valence-corrected chi connectivity index (χ2v) is 6.91. The number of carbonyl (C=O) groups excluding carboxylic acids is 1. The van der Waals surface area contributed by atoms with Crippen molar-refractivity contribution < 1.29 is 23.4 Å². The van der Waals surface area contributed by atoms with Gasteiger partial charge in [-0.25, -0.2) is 9.18 Å². The molecular formula is C20H25FN2O4. The molecule has 0 heterocycles. The Balaban J connectivity index is 2.35. The lowest BCUT2D eigenvalue weighted by atomic mass is 10.0. The monoisotopic (exact) mass is 376 g/mol. The first kappa shape index (κ1) is 20.5. The number of rotatable bonds is 6. The number of methoxy groups -OCH3 is 1. The van der Waals surface area contributed by atoms with Crippen LogP contribution in [0.2, 0.25) is 0 Å². The molecule has 0 radical (unpaired) electrons. The number of carbonyl (C=O) groups is 1. The smallest absolute Gasteiger partial charge is 0.412 e. The van der Waals surface area contributed by atoms with Gasteiger partial charge in [0.1, 0.15) is 23.8 Å². The van der Waals surface area contributed by atoms with Crippen molar-refractivity contribution in [2.45, 2.75) is 26.4 Å². The van der Waals surface area contributed by atoms with Gasteiger partial charge in [-0.05, 0) is 44.5 Å². The van der Waals surface area contributed by atoms with Crippen molar-refractivity contribution in [3.8, 4) is 16.9 Å². The summed E-state index contributed by atoms with van der Waals surface area (Å²) < 4.78 is 29.3. The highest BCUT2D eigenvalue weighted by molar-refractivity contribution is 5.92. The van der Waals surface area contributed by atoms with Crippen LogP contribution in [-0.4, -0.2) is 32.0 Å². The number of hydrogen-bond donors (Lipinski definition) is 2. The Labute approximate surface area is 158 Å². The molecule has 2 aromatic rings. The van der Waals surface area contributed by atoms with Crippen LogP contribution in [0.15, 0.2) is 36.4 Å². The van der Waals surface area contributed by atoms with Gasteiger partial charge in [-0.2, -0.15) is 0 Å². The zero-order chi connectivity index (χ0) is 20.0. The van der Waals surface area contributed by atoms with Gasteiger partial charge in [-0.15, -0.1) is 0 Å². The fraction of sp³-hybridized carbons (Fsp3) is 0.350. The van der Waals surface area contributed by atoms with E-state index in [1.165, 1.54) is 12.1 Å². The van der Waals surface area contributed by atoms with E-state index in [2.05, 4.69) is 5.32 Å². The molecule has 7 heteroatoms. The molecule has 0 aliphatic carbocycles. The molecule has 0 saturated carbocycles. The summed E-state index contributed by atoms with van der Waals surface area (Å²) in [6.07, 6.45) is -0.619. The maximum Gasteiger partial charge on any atom is 0.412 e. The fourth-order valence-corrected chi connectivity index (χ4v) is 2.33. The molecule has 0 aliphatic heterocycles. The van der Waals surface area contributed by atoms with Gasteiger partial charge in [0, 0.05) is 18.7 Å². The van der Waals surface area contributed by atoms with Crippen molar-refractivity contribution in [3.05, 3.63) is 42.2 Å². The van der Waals surface area contributed by atoms with Crippen molar-refractivity contribution >= 4 is 17.5 Å². The molecule has 1 amide bonds. The van der Waals surface area contributed by atoms with Crippen LogP contribution < -0.4 is 15.8 Å². The third-order valence-electron chi connectivity index (χ3n) is 3.49. The normalized spacial score (nSPS) is 11.1. The summed E-state index contributed by atoms with van der Waals surface area (Å²) in [5.41, 5.74) is 7.58. The summed E-state index contributed by atoms with van der Waals surface area (Å²) in [5.74, 6) is 0.149. The standard InChI is InChI=1S/C20H25FN2O4/c1-20(2,3)27-19(24)23-17-12-18(26-10-9-25-4)15(11-16(17)22)13-5-7-14(21)8-6-13/h5-8,11-12H,9-10,22H2,1-4H3,(H,23,24). The minimum Gasteiger partial charge on any atom is -0.490 e. The lowest BCUT2D eigenvalue weighted by Crippen LogP contribution is -2.27. The van der Waals surface area contributed by atoms with Gasteiger partial charge >= 0.3 is 6.09 Å². The summed E-state index contributed by atoms with van der Waals surface area (Å²) in [4.78, 5) is 12.1. The van der Waals surface area contributed by atoms with Crippen LogP contribution in [0.4, 0.5) is 20.6 Å². The topological polar surface area (TPSA) is 82.8 Å². The number of nitrogens with two attached hydrogens (primary N) is 1. The third kappa shape index (κ3) is 6.14. The molecule has 3 N–H and O–H groups in total. The zero-order valence-electron chi connectivity index (χ0n) is 16.0. The summed E-state index contributed by atoms with van der Waals surface area (Å²) in [7, 11) is 1.57. The second kappa shape index (κ2) is 8.73. The van der Waals surface area contributed by atoms with Crippen molar-refractivity contribution in [2.24, 2.45) is 0 Å². The Morgan fingerprint density at radius 1 is 1.15 bits per heavy atom. The molecule has 0 atom stereocenters. The maximum atomic E-state index is 13.2. The SMILES string of the molecule is COCCOc1cc(NC(=O)OC(C)(C)C)c(N)cc1-c1ccc(F)cc1. The van der Waals surface area contributed by atoms with E-state index in [1.54, 1.807) is 52.1 Å². The van der Waals surface area contributed by atoms with E-state index < -0.39 is 11.7 Å². The highest BCUT2D eigenvalue weighted by Crippen LogP contribution is 2.37. The van der Waals surface area contributed by atoms with Gasteiger partial charge in [0.2, 0.25) is 0 Å². The van der Waals surface area contributed by atoms with E-state index in [9.17, 15) is 9.18 Å². The number of amides is 1. The van der Waals surface area contributed by atoms with Crippen LogP contribution in [0, 0.1) is 5.82 Å². The van der Waals surface area contributed by atoms with Crippen molar-refractivity contribution in [2.75, 3.05) is 31.4 Å². The van der Waals surface area contributed by atoms with Crippen molar-refractivity contribution in [1.82, 2.24) is 0 Å². The Morgan fingerprint density at radius 3 is 2.41 bits per heavy atom. The van der Waals surface area contributed by atoms with Gasteiger partial charge in [0.05, 0.1) is 18.0 Å². The number of nitrogen functional groups attached to an aromatic ring is 1. The molecule has 2 rings (SSSR count). The summed E-state index contributed by atoms with van der Waals surface area (Å²) >= 11 is 0. The summed E-state index contributed by atoms with van der Waals surface area (Å²) in [6, 6.07) is 9.27. The van der Waals surface area contributed by atoms with E-state index in [1.807, 2.05) is 0 Å². The average molecular weight is 376 g/mol. The first-order chi connectivity index (χ1) is 12.7. The molecule has 0 aliphatic rings. The maximum absolute atomic E-state index is 13.2. The number of ether oxygens (including phenoxy) is 3. The van der Waals surface area contributed by atoms with Crippen LogP contribution in [-0.2, 0) is 9.47 Å². The first-order valence-electron chi connectivity index (χ1n) is 8.51. The molecule has 0 fully saturated rings. The van der Waals surface area contributed by atoms with Gasteiger partial charge in [-0.3, -0.25) is 5.32 Å². The Hall–Kier alpha value is -2.80. The van der Waals surface area contributed by atoms with Crippen LogP contribution in [0.25, 0.3) is 11.1 Å². The highest BCUT2D eigenvalue weighted by Gasteiger charge is 2.18. The molecule has 0 bridgehead atoms. The lowest BCUT2D eigenvalue weighted by Gasteiger charge is -2.21. The molecule has 27 heavy (non-hydrogen) atoms. The van der Waals surface area contributed by atoms with Crippen molar-refractivity contribution in [1.29, 1.82) is 0 Å². The predicted octanol–water partition coefficient (Wildman–Crippen LogP) is 4.45. The zero-order valence-corrected chi connectivity index (χ0v) is 16.0. The molecule has 6 nitrogen and oxygen atoms in total. The minimum absolute atomic E-state index is 0.306. The molecular weight excluding hydrogens is 351 g/mol. The van der Waals surface area contributed by atoms with E-state index in [0.29, 0.717) is 35.9 Å². The molecule has 0 spiro atoms. The van der Waals surface area contributed by atoms with Crippen LogP contribution in [0.3, 0.4) is 0 Å². The second-order valence-electron chi connectivity index (χ2n) is 6.91. The minimum atomic E-state index is -0.634. The Morgan fingerprint density at radius 2 is 1.81 bits per heavy atom. The first-order valence-corrected chi connectivity index (χ1v) is 8.51. The average Bonchev–Trinajstić information content (AvgIpc) is 2.56.